The molecule has 4 aromatic heterocycles. The highest BCUT2D eigenvalue weighted by atomic mass is 79.9. The molecule has 4 aromatic carbocycles. The van der Waals surface area contributed by atoms with Gasteiger partial charge in [0.2, 0.25) is 11.8 Å². The lowest BCUT2D eigenvalue weighted by atomic mass is 10.1. The Kier molecular flexibility index (Phi) is 8.20. The lowest BCUT2D eigenvalue weighted by molar-refractivity contribution is -0.131. The van der Waals surface area contributed by atoms with Gasteiger partial charge in [-0.1, -0.05) is 72.8 Å². The normalized spacial score (nSPS) is 13.2. The van der Waals surface area contributed by atoms with Crippen LogP contribution in [-0.4, -0.2) is 34.5 Å². The minimum atomic E-state index is -0.144. The SMILES string of the molecule is Brc1cccc2c3ccccc3c3ncc(Br)n3c12.Brc1cccc2c3ccccc3c3nccn3c12.O=C1CCC(=O)N1Br. The molecule has 1 aliphatic heterocycles. The van der Waals surface area contributed by atoms with Crippen molar-refractivity contribution in [3.63, 3.8) is 0 Å². The molecule has 5 heterocycles. The standard InChI is InChI=1S/C15H8Br2N2.C15H9BrN2.C4H4BrNO2/c16-12-7-3-6-10-9-4-1-2-5-11(9)15-18-8-13(17)19(15)14(10)12;16-13-7-3-6-11-10-4-1-2-5-12(10)15-17-8-9-18(15)14(11)13;5-6-3(7)1-2-4(6)8/h1-8H;1-9H;1-2H2. The lowest BCUT2D eigenvalue weighted by Gasteiger charge is -2.10. The molecule has 0 spiro atoms. The summed E-state index contributed by atoms with van der Waals surface area (Å²) in [7, 11) is 0. The molecule has 2 amide bonds. The number of carbonyl (C=O) groups excluding carboxylic acids is 2. The van der Waals surface area contributed by atoms with Crippen LogP contribution in [-0.2, 0) is 9.59 Å². The summed E-state index contributed by atoms with van der Waals surface area (Å²) in [6.07, 6.45) is 6.41. The molecule has 1 fully saturated rings. The van der Waals surface area contributed by atoms with Gasteiger partial charge in [-0.15, -0.1) is 0 Å². The minimum absolute atomic E-state index is 0.144. The average molecular weight is 851 g/mol. The summed E-state index contributed by atoms with van der Waals surface area (Å²) in [6, 6.07) is 29.3. The third-order valence-electron chi connectivity index (χ3n) is 7.70. The van der Waals surface area contributed by atoms with Gasteiger partial charge in [0.1, 0.15) is 15.9 Å². The van der Waals surface area contributed by atoms with E-state index in [1.807, 2.05) is 18.6 Å². The molecule has 222 valence electrons. The molecule has 9 rings (SSSR count). The van der Waals surface area contributed by atoms with E-state index in [2.05, 4.69) is 168 Å². The van der Waals surface area contributed by atoms with E-state index >= 15 is 0 Å². The van der Waals surface area contributed by atoms with Crippen LogP contribution in [0, 0.1) is 0 Å². The van der Waals surface area contributed by atoms with E-state index in [9.17, 15) is 9.59 Å². The van der Waals surface area contributed by atoms with Gasteiger partial charge in [-0.05, 0) is 70.7 Å². The first-order chi connectivity index (χ1) is 21.8. The number of para-hydroxylation sites is 2. The van der Waals surface area contributed by atoms with E-state index in [1.54, 1.807) is 0 Å². The van der Waals surface area contributed by atoms with E-state index in [1.165, 1.54) is 37.8 Å². The number of aromatic nitrogens is 4. The average Bonchev–Trinajstić information content (AvgIpc) is 3.78. The molecule has 0 saturated carbocycles. The van der Waals surface area contributed by atoms with E-state index < -0.39 is 0 Å². The molecule has 1 saturated heterocycles. The zero-order chi connectivity index (χ0) is 31.2. The number of amides is 2. The van der Waals surface area contributed by atoms with E-state index in [-0.39, 0.29) is 11.8 Å². The van der Waals surface area contributed by atoms with Crippen molar-refractivity contribution in [3.05, 3.63) is 117 Å². The predicted molar refractivity (Wildman–Crippen MR) is 194 cm³/mol. The second-order valence-electron chi connectivity index (χ2n) is 10.3. The number of rotatable bonds is 0. The van der Waals surface area contributed by atoms with Crippen molar-refractivity contribution in [2.24, 2.45) is 0 Å². The Bertz CT molecular complexity index is 2440. The quantitative estimate of drug-likeness (QED) is 0.0866. The Labute approximate surface area is 290 Å². The number of hydrogen-bond acceptors (Lipinski definition) is 4. The summed E-state index contributed by atoms with van der Waals surface area (Å²) >= 11 is 13.7. The van der Waals surface area contributed by atoms with Crippen molar-refractivity contribution in [1.29, 1.82) is 0 Å². The van der Waals surface area contributed by atoms with Crippen LogP contribution in [0.3, 0.4) is 0 Å². The Morgan fingerprint density at radius 1 is 0.578 bits per heavy atom. The molecular formula is C34H21Br4N5O2. The maximum atomic E-state index is 10.4. The largest absolute Gasteiger partial charge is 0.298 e. The third kappa shape index (κ3) is 5.25. The highest BCUT2D eigenvalue weighted by Gasteiger charge is 2.26. The highest BCUT2D eigenvalue weighted by molar-refractivity contribution is 9.11. The first kappa shape index (κ1) is 30.0. The number of halogens is 4. The lowest BCUT2D eigenvalue weighted by Crippen LogP contribution is -2.16. The summed E-state index contributed by atoms with van der Waals surface area (Å²) in [5.74, 6) is -0.287. The van der Waals surface area contributed by atoms with Gasteiger partial charge in [-0.3, -0.25) is 18.4 Å². The summed E-state index contributed by atoms with van der Waals surface area (Å²) in [5.41, 5.74) is 4.29. The zero-order valence-electron chi connectivity index (χ0n) is 23.3. The number of pyridine rings is 2. The molecule has 1 aliphatic rings. The topological polar surface area (TPSA) is 72.0 Å². The van der Waals surface area contributed by atoms with Crippen LogP contribution in [0.25, 0.3) is 54.6 Å². The summed E-state index contributed by atoms with van der Waals surface area (Å²) < 4.78 is 8.38. The Balaban J connectivity index is 0.000000117. The van der Waals surface area contributed by atoms with Crippen LogP contribution < -0.4 is 0 Å². The van der Waals surface area contributed by atoms with Crippen molar-refractivity contribution < 1.29 is 9.59 Å². The second-order valence-corrected chi connectivity index (χ2v) is 13.5. The van der Waals surface area contributed by atoms with Gasteiger partial charge in [0.05, 0.1) is 33.4 Å². The fourth-order valence-corrected chi connectivity index (χ4v) is 7.63. The Morgan fingerprint density at radius 2 is 1.09 bits per heavy atom. The maximum absolute atomic E-state index is 10.4. The summed E-state index contributed by atoms with van der Waals surface area (Å²) in [4.78, 5) is 29.9. The van der Waals surface area contributed by atoms with Crippen molar-refractivity contribution >= 4 is 130 Å². The summed E-state index contributed by atoms with van der Waals surface area (Å²) in [5, 5.41) is 7.28. The minimum Gasteiger partial charge on any atom is -0.298 e. The smallest absolute Gasteiger partial charge is 0.239 e. The van der Waals surface area contributed by atoms with Crippen molar-refractivity contribution in [2.75, 3.05) is 0 Å². The zero-order valence-corrected chi connectivity index (χ0v) is 29.6. The number of imide groups is 1. The first-order valence-electron chi connectivity index (χ1n) is 13.9. The van der Waals surface area contributed by atoms with Gasteiger partial charge in [0, 0.05) is 55.7 Å². The van der Waals surface area contributed by atoms with Crippen molar-refractivity contribution in [2.45, 2.75) is 12.8 Å². The van der Waals surface area contributed by atoms with Crippen molar-refractivity contribution in [1.82, 2.24) is 22.7 Å². The number of benzene rings is 4. The molecule has 45 heavy (non-hydrogen) atoms. The number of nitrogens with zero attached hydrogens (tertiary/aromatic N) is 5. The molecule has 0 unspecified atom stereocenters. The molecule has 0 atom stereocenters. The molecule has 0 bridgehead atoms. The van der Waals surface area contributed by atoms with Gasteiger partial charge in [0.15, 0.2) is 0 Å². The molecule has 11 heteroatoms. The fraction of sp³-hybridized carbons (Fsp3) is 0.0588. The molecule has 0 N–H and O–H groups in total. The van der Waals surface area contributed by atoms with Gasteiger partial charge in [0.25, 0.3) is 0 Å². The van der Waals surface area contributed by atoms with E-state index in [0.717, 1.165) is 34.3 Å². The van der Waals surface area contributed by atoms with Crippen LogP contribution in [0.2, 0.25) is 0 Å². The van der Waals surface area contributed by atoms with Crippen LogP contribution in [0.5, 0.6) is 0 Å². The molecular weight excluding hydrogens is 830 g/mol. The molecule has 0 radical (unpaired) electrons. The maximum Gasteiger partial charge on any atom is 0.239 e. The monoisotopic (exact) mass is 847 g/mol. The first-order valence-corrected chi connectivity index (χ1v) is 17.0. The fourth-order valence-electron chi connectivity index (χ4n) is 5.73. The molecule has 8 aromatic rings. The van der Waals surface area contributed by atoms with Crippen LogP contribution >= 0.6 is 63.9 Å². The Hall–Kier alpha value is -3.64. The van der Waals surface area contributed by atoms with Gasteiger partial charge in [-0.25, -0.2) is 13.9 Å². The van der Waals surface area contributed by atoms with Crippen LogP contribution in [0.15, 0.2) is 117 Å². The second kappa shape index (κ2) is 12.3. The van der Waals surface area contributed by atoms with E-state index in [0.29, 0.717) is 12.8 Å². The van der Waals surface area contributed by atoms with Crippen LogP contribution in [0.1, 0.15) is 12.8 Å². The van der Waals surface area contributed by atoms with Gasteiger partial charge in [-0.2, -0.15) is 0 Å². The highest BCUT2D eigenvalue weighted by Crippen LogP contribution is 2.35. The molecule has 7 nitrogen and oxygen atoms in total. The number of carbonyl (C=O) groups is 2. The predicted octanol–water partition coefficient (Wildman–Crippen LogP) is 10.0. The number of hydrogen-bond donors (Lipinski definition) is 0. The van der Waals surface area contributed by atoms with Crippen LogP contribution in [0.4, 0.5) is 0 Å². The number of fused-ring (bicyclic) bond motifs is 12. The molecule has 0 aliphatic carbocycles. The van der Waals surface area contributed by atoms with Gasteiger partial charge >= 0.3 is 0 Å². The van der Waals surface area contributed by atoms with E-state index in [4.69, 9.17) is 0 Å². The Morgan fingerprint density at radius 3 is 1.67 bits per heavy atom. The summed E-state index contributed by atoms with van der Waals surface area (Å²) in [6.45, 7) is 0. The third-order valence-corrected chi connectivity index (χ3v) is 10.3. The van der Waals surface area contributed by atoms with Gasteiger partial charge < -0.3 is 0 Å². The number of imidazole rings is 2. The van der Waals surface area contributed by atoms with Crippen molar-refractivity contribution in [3.8, 4) is 0 Å².